The number of primary amides is 1. The topological polar surface area (TPSA) is 72.6 Å². The fraction of sp³-hybridized carbons (Fsp3) is 0.222. The summed E-state index contributed by atoms with van der Waals surface area (Å²) < 4.78 is 28.5. The average molecular weight is 348 g/mol. The summed E-state index contributed by atoms with van der Waals surface area (Å²) in [7, 11) is 0. The average Bonchev–Trinajstić information content (AvgIpc) is 2.59. The van der Waals surface area contributed by atoms with Crippen molar-refractivity contribution in [2.24, 2.45) is 5.73 Å². The van der Waals surface area contributed by atoms with Gasteiger partial charge in [-0.2, -0.15) is 8.78 Å². The van der Waals surface area contributed by atoms with Gasteiger partial charge in [0.1, 0.15) is 12.3 Å². The Hall–Kier alpha value is -2.96. The van der Waals surface area contributed by atoms with Crippen LogP contribution in [0.2, 0.25) is 0 Å². The molecule has 132 valence electrons. The monoisotopic (exact) mass is 348 g/mol. The van der Waals surface area contributed by atoms with Crippen molar-refractivity contribution in [1.82, 2.24) is 0 Å². The number of rotatable bonds is 8. The fourth-order valence-electron chi connectivity index (χ4n) is 2.31. The van der Waals surface area contributed by atoms with Gasteiger partial charge in [-0.05, 0) is 36.2 Å². The first-order chi connectivity index (χ1) is 12.0. The van der Waals surface area contributed by atoms with E-state index < -0.39 is 12.5 Å². The maximum Gasteiger partial charge on any atom is 0.387 e. The standard InChI is InChI=1S/C18H18F2N2O3/c19-18(20)25-15-9-6-13(7-10-15)8-11-17(24)22(12-16(21)23)14-4-2-1-3-5-14/h1-7,9-10,18H,8,11-12H2,(H2,21,23). The predicted molar refractivity (Wildman–Crippen MR) is 89.4 cm³/mol. The first-order valence-corrected chi connectivity index (χ1v) is 7.63. The molecule has 2 amide bonds. The SMILES string of the molecule is NC(=O)CN(C(=O)CCc1ccc(OC(F)F)cc1)c1ccccc1. The lowest BCUT2D eigenvalue weighted by atomic mass is 10.1. The molecule has 0 aliphatic heterocycles. The second-order valence-corrected chi connectivity index (χ2v) is 5.30. The van der Waals surface area contributed by atoms with Crippen LogP contribution in [0.3, 0.4) is 0 Å². The first-order valence-electron chi connectivity index (χ1n) is 7.63. The molecule has 0 aliphatic carbocycles. The lowest BCUT2D eigenvalue weighted by Crippen LogP contribution is -2.38. The van der Waals surface area contributed by atoms with Crippen LogP contribution in [0.15, 0.2) is 54.6 Å². The van der Waals surface area contributed by atoms with E-state index in [0.29, 0.717) is 12.1 Å². The number of nitrogens with zero attached hydrogens (tertiary/aromatic N) is 1. The van der Waals surface area contributed by atoms with E-state index in [4.69, 9.17) is 5.73 Å². The van der Waals surface area contributed by atoms with E-state index in [0.717, 1.165) is 5.56 Å². The molecule has 0 spiro atoms. The Kier molecular flexibility index (Phi) is 6.45. The van der Waals surface area contributed by atoms with E-state index in [1.165, 1.54) is 17.0 Å². The van der Waals surface area contributed by atoms with Crippen LogP contribution in [0.4, 0.5) is 14.5 Å². The molecule has 0 saturated carbocycles. The number of carbonyl (C=O) groups is 2. The van der Waals surface area contributed by atoms with E-state index in [1.54, 1.807) is 42.5 Å². The molecule has 0 saturated heterocycles. The number of carbonyl (C=O) groups excluding carboxylic acids is 2. The van der Waals surface area contributed by atoms with E-state index in [2.05, 4.69) is 4.74 Å². The highest BCUT2D eigenvalue weighted by Crippen LogP contribution is 2.18. The van der Waals surface area contributed by atoms with Gasteiger partial charge in [0.25, 0.3) is 0 Å². The number of anilines is 1. The summed E-state index contributed by atoms with van der Waals surface area (Å²) >= 11 is 0. The third-order valence-electron chi connectivity index (χ3n) is 3.46. The van der Waals surface area contributed by atoms with Crippen LogP contribution >= 0.6 is 0 Å². The van der Waals surface area contributed by atoms with Gasteiger partial charge < -0.3 is 15.4 Å². The smallest absolute Gasteiger partial charge is 0.387 e. The number of hydrogen-bond acceptors (Lipinski definition) is 3. The van der Waals surface area contributed by atoms with Crippen molar-refractivity contribution in [3.8, 4) is 5.75 Å². The zero-order chi connectivity index (χ0) is 18.2. The number of ether oxygens (including phenoxy) is 1. The van der Waals surface area contributed by atoms with Crippen molar-refractivity contribution in [3.05, 3.63) is 60.2 Å². The van der Waals surface area contributed by atoms with Gasteiger partial charge in [0.05, 0.1) is 0 Å². The maximum absolute atomic E-state index is 12.5. The molecule has 2 aromatic carbocycles. The van der Waals surface area contributed by atoms with Crippen LogP contribution in [0.5, 0.6) is 5.75 Å². The van der Waals surface area contributed by atoms with Crippen LogP contribution in [0.1, 0.15) is 12.0 Å². The van der Waals surface area contributed by atoms with Gasteiger partial charge in [0, 0.05) is 12.1 Å². The zero-order valence-electron chi connectivity index (χ0n) is 13.4. The third-order valence-corrected chi connectivity index (χ3v) is 3.46. The lowest BCUT2D eigenvalue weighted by molar-refractivity contribution is -0.122. The van der Waals surface area contributed by atoms with E-state index in [9.17, 15) is 18.4 Å². The molecule has 0 aliphatic rings. The van der Waals surface area contributed by atoms with Gasteiger partial charge in [0.2, 0.25) is 11.8 Å². The van der Waals surface area contributed by atoms with Gasteiger partial charge >= 0.3 is 6.61 Å². The number of hydrogen-bond donors (Lipinski definition) is 1. The van der Waals surface area contributed by atoms with Crippen molar-refractivity contribution in [3.63, 3.8) is 0 Å². The molecule has 7 heteroatoms. The Labute approximate surface area is 144 Å². The van der Waals surface area contributed by atoms with Crippen LogP contribution in [-0.4, -0.2) is 25.0 Å². The minimum absolute atomic E-state index is 0.0599. The normalized spacial score (nSPS) is 10.5. The summed E-state index contributed by atoms with van der Waals surface area (Å²) in [6.07, 6.45) is 0.549. The quantitative estimate of drug-likeness (QED) is 0.797. The molecule has 0 heterocycles. The molecule has 25 heavy (non-hydrogen) atoms. The number of alkyl halides is 2. The van der Waals surface area contributed by atoms with Crippen molar-refractivity contribution in [1.29, 1.82) is 0 Å². The van der Waals surface area contributed by atoms with E-state index in [1.807, 2.05) is 0 Å². The van der Waals surface area contributed by atoms with Crippen molar-refractivity contribution >= 4 is 17.5 Å². The number of benzene rings is 2. The fourth-order valence-corrected chi connectivity index (χ4v) is 2.31. The Bertz CT molecular complexity index is 706. The Balaban J connectivity index is 2.00. The molecule has 0 radical (unpaired) electrons. The Morgan fingerprint density at radius 2 is 1.68 bits per heavy atom. The number of halogens is 2. The summed E-state index contributed by atoms with van der Waals surface area (Å²) in [5.74, 6) is -0.798. The van der Waals surface area contributed by atoms with Gasteiger partial charge in [-0.1, -0.05) is 30.3 Å². The summed E-state index contributed by atoms with van der Waals surface area (Å²) in [6.45, 7) is -3.08. The van der Waals surface area contributed by atoms with Crippen LogP contribution in [0, 0.1) is 0 Å². The number of amides is 2. The van der Waals surface area contributed by atoms with Gasteiger partial charge in [-0.25, -0.2) is 0 Å². The summed E-state index contributed by atoms with van der Waals surface area (Å²) in [5, 5.41) is 0. The van der Waals surface area contributed by atoms with Crippen molar-refractivity contribution < 1.29 is 23.1 Å². The van der Waals surface area contributed by atoms with Gasteiger partial charge in [-0.15, -0.1) is 0 Å². The molecule has 2 aromatic rings. The molecular weight excluding hydrogens is 330 g/mol. The second-order valence-electron chi connectivity index (χ2n) is 5.30. The van der Waals surface area contributed by atoms with Crippen LogP contribution in [-0.2, 0) is 16.0 Å². The lowest BCUT2D eigenvalue weighted by Gasteiger charge is -2.21. The maximum atomic E-state index is 12.5. The molecule has 5 nitrogen and oxygen atoms in total. The van der Waals surface area contributed by atoms with E-state index >= 15 is 0 Å². The molecule has 0 aromatic heterocycles. The highest BCUT2D eigenvalue weighted by Gasteiger charge is 2.17. The second kappa shape index (κ2) is 8.77. The van der Waals surface area contributed by atoms with Gasteiger partial charge in [0.15, 0.2) is 0 Å². The van der Waals surface area contributed by atoms with Crippen molar-refractivity contribution in [2.75, 3.05) is 11.4 Å². The number of nitrogens with two attached hydrogens (primary N) is 1. The molecule has 0 fully saturated rings. The number of aryl methyl sites for hydroxylation is 1. The highest BCUT2D eigenvalue weighted by atomic mass is 19.3. The van der Waals surface area contributed by atoms with Crippen LogP contribution < -0.4 is 15.4 Å². The Morgan fingerprint density at radius 3 is 2.24 bits per heavy atom. The minimum atomic E-state index is -2.87. The molecule has 0 bridgehead atoms. The highest BCUT2D eigenvalue weighted by molar-refractivity contribution is 5.98. The molecule has 2 N–H and O–H groups in total. The summed E-state index contributed by atoms with van der Waals surface area (Å²) in [6, 6.07) is 14.8. The minimum Gasteiger partial charge on any atom is -0.435 e. The predicted octanol–water partition coefficient (Wildman–Crippen LogP) is 2.74. The molecular formula is C18H18F2N2O3. The summed E-state index contributed by atoms with van der Waals surface area (Å²) in [5.41, 5.74) is 6.61. The van der Waals surface area contributed by atoms with Crippen molar-refractivity contribution in [2.45, 2.75) is 19.5 Å². The molecule has 0 unspecified atom stereocenters. The third kappa shape index (κ3) is 5.87. The van der Waals surface area contributed by atoms with Gasteiger partial charge in [-0.3, -0.25) is 9.59 Å². The zero-order valence-corrected chi connectivity index (χ0v) is 13.4. The number of para-hydroxylation sites is 1. The molecule has 0 atom stereocenters. The van der Waals surface area contributed by atoms with Crippen LogP contribution in [0.25, 0.3) is 0 Å². The summed E-state index contributed by atoms with van der Waals surface area (Å²) in [4.78, 5) is 25.0. The Morgan fingerprint density at radius 1 is 1.04 bits per heavy atom. The van der Waals surface area contributed by atoms with E-state index in [-0.39, 0.29) is 24.6 Å². The first kappa shape index (κ1) is 18.4. The molecule has 2 rings (SSSR count). The largest absolute Gasteiger partial charge is 0.435 e.